The van der Waals surface area contributed by atoms with Crippen molar-refractivity contribution in [3.63, 3.8) is 0 Å². The van der Waals surface area contributed by atoms with Crippen LogP contribution in [0.5, 0.6) is 0 Å². The van der Waals surface area contributed by atoms with E-state index in [1.54, 1.807) is 0 Å². The zero-order chi connectivity index (χ0) is 12.9. The zero-order valence-electron chi connectivity index (χ0n) is 9.63. The number of hydrogen-bond acceptors (Lipinski definition) is 4. The van der Waals surface area contributed by atoms with Crippen LogP contribution in [0.25, 0.3) is 0 Å². The second-order valence-electron chi connectivity index (χ2n) is 4.49. The average molecular weight is 265 g/mol. The first-order valence-corrected chi connectivity index (χ1v) is 7.44. The molecule has 0 spiro atoms. The maximum atomic E-state index is 11.6. The summed E-state index contributed by atoms with van der Waals surface area (Å²) in [5.74, 6) is -1.24. The van der Waals surface area contributed by atoms with Crippen LogP contribution in [0.1, 0.15) is 32.1 Å². The first-order valence-electron chi connectivity index (χ1n) is 5.79. The monoisotopic (exact) mass is 265 g/mol. The van der Waals surface area contributed by atoms with Crippen LogP contribution >= 0.6 is 0 Å². The van der Waals surface area contributed by atoms with Crippen molar-refractivity contribution in [3.05, 3.63) is 0 Å². The Kier molecular flexibility index (Phi) is 5.35. The number of carboxylic acids is 1. The van der Waals surface area contributed by atoms with Crippen molar-refractivity contribution in [2.75, 3.05) is 12.3 Å². The van der Waals surface area contributed by atoms with Crippen molar-refractivity contribution >= 4 is 16.0 Å². The minimum atomic E-state index is -3.48. The molecule has 0 amide bonds. The Balaban J connectivity index is 2.37. The van der Waals surface area contributed by atoms with E-state index in [1.807, 2.05) is 0 Å². The van der Waals surface area contributed by atoms with Gasteiger partial charge in [0.05, 0.1) is 5.75 Å². The Morgan fingerprint density at radius 1 is 1.29 bits per heavy atom. The molecular weight excluding hydrogens is 246 g/mol. The van der Waals surface area contributed by atoms with Crippen LogP contribution in [0.4, 0.5) is 0 Å². The second kappa shape index (κ2) is 6.32. The van der Waals surface area contributed by atoms with Gasteiger partial charge in [-0.05, 0) is 18.8 Å². The van der Waals surface area contributed by atoms with Crippen molar-refractivity contribution in [2.45, 2.75) is 38.2 Å². The summed E-state index contributed by atoms with van der Waals surface area (Å²) in [6, 6.07) is 0. The number of sulfonamides is 1. The fourth-order valence-corrected chi connectivity index (χ4v) is 3.50. The Labute approximate surface area is 101 Å². The van der Waals surface area contributed by atoms with E-state index in [1.165, 1.54) is 0 Å². The molecule has 0 unspecified atom stereocenters. The normalized spacial score (nSPS) is 20.1. The van der Waals surface area contributed by atoms with E-state index in [0.717, 1.165) is 32.1 Å². The van der Waals surface area contributed by atoms with Crippen molar-refractivity contribution in [3.8, 4) is 0 Å². The molecule has 0 saturated heterocycles. The van der Waals surface area contributed by atoms with Crippen LogP contribution in [0, 0.1) is 5.92 Å². The zero-order valence-corrected chi connectivity index (χ0v) is 10.4. The number of rotatable bonds is 6. The lowest BCUT2D eigenvalue weighted by Gasteiger charge is -2.21. The van der Waals surface area contributed by atoms with Gasteiger partial charge in [-0.1, -0.05) is 19.3 Å². The van der Waals surface area contributed by atoms with Crippen LogP contribution in [0.2, 0.25) is 0 Å². The third-order valence-electron chi connectivity index (χ3n) is 2.96. The summed E-state index contributed by atoms with van der Waals surface area (Å²) in [6.07, 6.45) is 3.39. The van der Waals surface area contributed by atoms with E-state index in [0.29, 0.717) is 0 Å². The predicted molar refractivity (Wildman–Crippen MR) is 62.0 cm³/mol. The third-order valence-corrected chi connectivity index (χ3v) is 4.48. The van der Waals surface area contributed by atoms with Gasteiger partial charge in [0, 0.05) is 6.54 Å². The lowest BCUT2D eigenvalue weighted by Crippen LogP contribution is -2.39. The lowest BCUT2D eigenvalue weighted by atomic mass is 9.91. The second-order valence-corrected chi connectivity index (χ2v) is 6.34. The summed E-state index contributed by atoms with van der Waals surface area (Å²) in [6.45, 7) is -0.468. The molecule has 0 radical (unpaired) electrons. The fourth-order valence-electron chi connectivity index (χ4n) is 2.02. The van der Waals surface area contributed by atoms with Gasteiger partial charge in [-0.2, -0.15) is 0 Å². The van der Waals surface area contributed by atoms with E-state index in [4.69, 9.17) is 10.2 Å². The van der Waals surface area contributed by atoms with Crippen molar-refractivity contribution in [1.82, 2.24) is 4.72 Å². The maximum absolute atomic E-state index is 11.6. The number of hydrogen-bond donors (Lipinski definition) is 3. The predicted octanol–water partition coefficient (Wildman–Crippen LogP) is -0.0684. The smallest absolute Gasteiger partial charge is 0.333 e. The molecule has 17 heavy (non-hydrogen) atoms. The van der Waals surface area contributed by atoms with E-state index in [9.17, 15) is 13.2 Å². The highest BCUT2D eigenvalue weighted by molar-refractivity contribution is 7.89. The molecule has 1 rings (SSSR count). The van der Waals surface area contributed by atoms with Crippen LogP contribution in [0.15, 0.2) is 0 Å². The molecule has 3 N–H and O–H groups in total. The summed E-state index contributed by atoms with van der Waals surface area (Å²) in [7, 11) is -3.48. The number of aliphatic hydroxyl groups excluding tert-OH is 1. The molecule has 7 heteroatoms. The quantitative estimate of drug-likeness (QED) is 0.624. The number of carbonyl (C=O) groups is 1. The Bertz CT molecular complexity index is 348. The van der Waals surface area contributed by atoms with Crippen LogP contribution in [-0.2, 0) is 14.8 Å². The third kappa shape index (κ3) is 5.47. The van der Waals surface area contributed by atoms with Gasteiger partial charge in [-0.3, -0.25) is 0 Å². The molecule has 0 aromatic rings. The summed E-state index contributed by atoms with van der Waals surface area (Å²) in [4.78, 5) is 10.3. The largest absolute Gasteiger partial charge is 0.479 e. The van der Waals surface area contributed by atoms with Crippen LogP contribution in [-0.4, -0.2) is 43.0 Å². The molecule has 0 aromatic heterocycles. The van der Waals surface area contributed by atoms with Gasteiger partial charge >= 0.3 is 5.97 Å². The summed E-state index contributed by atoms with van der Waals surface area (Å²) < 4.78 is 25.4. The SMILES string of the molecule is O=C(O)[C@@H](O)CNS(=O)(=O)CC1CCCCC1. The van der Waals surface area contributed by atoms with Crippen LogP contribution < -0.4 is 4.72 Å². The Hall–Kier alpha value is -0.660. The molecule has 0 aromatic carbocycles. The minimum Gasteiger partial charge on any atom is -0.479 e. The molecule has 0 aliphatic heterocycles. The molecule has 1 aliphatic carbocycles. The molecular formula is C10H19NO5S. The van der Waals surface area contributed by atoms with E-state index in [2.05, 4.69) is 4.72 Å². The van der Waals surface area contributed by atoms with E-state index in [-0.39, 0.29) is 11.7 Å². The molecule has 1 aliphatic rings. The number of carboxylic acid groups (broad SMARTS) is 1. The molecule has 0 heterocycles. The highest BCUT2D eigenvalue weighted by Crippen LogP contribution is 2.24. The van der Waals surface area contributed by atoms with Crippen molar-refractivity contribution in [1.29, 1.82) is 0 Å². The van der Waals surface area contributed by atoms with Gasteiger partial charge in [-0.15, -0.1) is 0 Å². The number of nitrogens with one attached hydrogen (secondary N) is 1. The summed E-state index contributed by atoms with van der Waals surface area (Å²) in [5.41, 5.74) is 0. The van der Waals surface area contributed by atoms with Crippen molar-refractivity contribution < 1.29 is 23.4 Å². The van der Waals surface area contributed by atoms with Gasteiger partial charge in [0.1, 0.15) is 0 Å². The number of aliphatic carboxylic acids is 1. The summed E-state index contributed by atoms with van der Waals surface area (Å²) in [5, 5.41) is 17.4. The van der Waals surface area contributed by atoms with Gasteiger partial charge in [-0.25, -0.2) is 17.9 Å². The van der Waals surface area contributed by atoms with Crippen LogP contribution in [0.3, 0.4) is 0 Å². The molecule has 1 saturated carbocycles. The Morgan fingerprint density at radius 3 is 2.41 bits per heavy atom. The van der Waals surface area contributed by atoms with E-state index >= 15 is 0 Å². The average Bonchev–Trinajstić information content (AvgIpc) is 2.26. The minimum absolute atomic E-state index is 0.0271. The molecule has 6 nitrogen and oxygen atoms in total. The first kappa shape index (κ1) is 14.4. The highest BCUT2D eigenvalue weighted by atomic mass is 32.2. The fraction of sp³-hybridized carbons (Fsp3) is 0.900. The molecule has 100 valence electrons. The molecule has 1 fully saturated rings. The van der Waals surface area contributed by atoms with Gasteiger partial charge in [0.2, 0.25) is 10.0 Å². The molecule has 1 atom stereocenters. The van der Waals surface area contributed by atoms with Gasteiger partial charge < -0.3 is 10.2 Å². The highest BCUT2D eigenvalue weighted by Gasteiger charge is 2.23. The topological polar surface area (TPSA) is 104 Å². The first-order chi connectivity index (χ1) is 7.91. The van der Waals surface area contributed by atoms with E-state index < -0.39 is 28.6 Å². The molecule has 0 bridgehead atoms. The lowest BCUT2D eigenvalue weighted by molar-refractivity contribution is -0.146. The van der Waals surface area contributed by atoms with Crippen molar-refractivity contribution in [2.24, 2.45) is 5.92 Å². The maximum Gasteiger partial charge on any atom is 0.333 e. The number of aliphatic hydroxyl groups is 1. The van der Waals surface area contributed by atoms with Gasteiger partial charge in [0.15, 0.2) is 6.10 Å². The summed E-state index contributed by atoms with van der Waals surface area (Å²) >= 11 is 0. The standard InChI is InChI=1S/C10H19NO5S/c12-9(10(13)14)6-11-17(15,16)7-8-4-2-1-3-5-8/h8-9,11-12H,1-7H2,(H,13,14)/t9-/m0/s1. The van der Waals surface area contributed by atoms with Gasteiger partial charge in [0.25, 0.3) is 0 Å². The Morgan fingerprint density at radius 2 is 1.88 bits per heavy atom.